The first-order chi connectivity index (χ1) is 8.04. The Morgan fingerprint density at radius 3 is 2.35 bits per heavy atom. The summed E-state index contributed by atoms with van der Waals surface area (Å²) in [6.07, 6.45) is -2.98. The van der Waals surface area contributed by atoms with Crippen molar-refractivity contribution in [3.63, 3.8) is 0 Å². The van der Waals surface area contributed by atoms with Crippen LogP contribution >= 0.6 is 0 Å². The van der Waals surface area contributed by atoms with Gasteiger partial charge in [-0.25, -0.2) is 0 Å². The second kappa shape index (κ2) is 6.34. The Bertz CT molecular complexity index is 360. The molecule has 3 N–H and O–H groups in total. The molecule has 0 fully saturated rings. The van der Waals surface area contributed by atoms with Crippen molar-refractivity contribution in [3.8, 4) is 0 Å². The van der Waals surface area contributed by atoms with E-state index < -0.39 is 24.6 Å². The predicted octanol–water partition coefficient (Wildman–Crippen LogP) is 0.702. The largest absolute Gasteiger partial charge is 0.481 e. The van der Waals surface area contributed by atoms with Crippen LogP contribution in [0.1, 0.15) is 23.7 Å². The van der Waals surface area contributed by atoms with Crippen LogP contribution in [0.15, 0.2) is 24.3 Å². The summed E-state index contributed by atoms with van der Waals surface area (Å²) in [4.78, 5) is 10.4. The van der Waals surface area contributed by atoms with E-state index in [1.54, 1.807) is 31.4 Å². The number of hydrogen-bond acceptors (Lipinski definition) is 4. The van der Waals surface area contributed by atoms with E-state index in [2.05, 4.69) is 0 Å². The van der Waals surface area contributed by atoms with Crippen LogP contribution in [0.5, 0.6) is 0 Å². The van der Waals surface area contributed by atoms with Gasteiger partial charge >= 0.3 is 5.97 Å². The fourth-order valence-electron chi connectivity index (χ4n) is 1.49. The number of aliphatic hydroxyl groups is 2. The second-order valence-corrected chi connectivity index (χ2v) is 3.78. The van der Waals surface area contributed by atoms with Crippen molar-refractivity contribution in [3.05, 3.63) is 35.4 Å². The predicted molar refractivity (Wildman–Crippen MR) is 60.4 cm³/mol. The molecule has 17 heavy (non-hydrogen) atoms. The number of hydrogen-bond donors (Lipinski definition) is 3. The van der Waals surface area contributed by atoms with Crippen LogP contribution in [0.3, 0.4) is 0 Å². The quantitative estimate of drug-likeness (QED) is 0.681. The maximum absolute atomic E-state index is 10.4. The van der Waals surface area contributed by atoms with Gasteiger partial charge in [-0.2, -0.15) is 0 Å². The number of methoxy groups -OCH3 is 1. The van der Waals surface area contributed by atoms with Crippen LogP contribution in [-0.2, 0) is 16.1 Å². The first-order valence-electron chi connectivity index (χ1n) is 5.20. The summed E-state index contributed by atoms with van der Waals surface area (Å²) in [5.74, 6) is -1.15. The number of aliphatic hydroxyl groups excluding tert-OH is 2. The molecule has 0 saturated carbocycles. The van der Waals surface area contributed by atoms with Crippen molar-refractivity contribution >= 4 is 5.97 Å². The zero-order valence-electron chi connectivity index (χ0n) is 9.54. The number of carbonyl (C=O) groups is 1. The molecule has 0 aliphatic heterocycles. The van der Waals surface area contributed by atoms with Gasteiger partial charge in [-0.3, -0.25) is 4.79 Å². The Balaban J connectivity index is 2.68. The van der Waals surface area contributed by atoms with Crippen LogP contribution in [0.2, 0.25) is 0 Å². The molecule has 2 unspecified atom stereocenters. The Morgan fingerprint density at radius 2 is 1.88 bits per heavy atom. The number of rotatable bonds is 6. The summed E-state index contributed by atoms with van der Waals surface area (Å²) in [7, 11) is 1.58. The van der Waals surface area contributed by atoms with Gasteiger partial charge in [0, 0.05) is 7.11 Å². The SMILES string of the molecule is COCc1ccc(C(O)C(O)CC(=O)O)cc1. The van der Waals surface area contributed by atoms with Crippen LogP contribution in [0, 0.1) is 0 Å². The lowest BCUT2D eigenvalue weighted by atomic mass is 10.0. The fourth-order valence-corrected chi connectivity index (χ4v) is 1.49. The molecule has 0 bridgehead atoms. The van der Waals surface area contributed by atoms with E-state index >= 15 is 0 Å². The molecule has 1 aromatic rings. The summed E-state index contributed by atoms with van der Waals surface area (Å²) < 4.78 is 4.94. The Labute approximate surface area is 99.3 Å². The van der Waals surface area contributed by atoms with Gasteiger partial charge in [0.25, 0.3) is 0 Å². The van der Waals surface area contributed by atoms with Crippen LogP contribution in [0.25, 0.3) is 0 Å². The second-order valence-electron chi connectivity index (χ2n) is 3.78. The highest BCUT2D eigenvalue weighted by molar-refractivity contribution is 5.67. The lowest BCUT2D eigenvalue weighted by molar-refractivity contribution is -0.141. The van der Waals surface area contributed by atoms with Gasteiger partial charge in [-0.05, 0) is 11.1 Å². The first-order valence-corrected chi connectivity index (χ1v) is 5.20. The normalized spacial score (nSPS) is 14.3. The third-order valence-corrected chi connectivity index (χ3v) is 2.38. The average molecular weight is 240 g/mol. The van der Waals surface area contributed by atoms with Gasteiger partial charge in [-0.1, -0.05) is 24.3 Å². The van der Waals surface area contributed by atoms with Crippen molar-refractivity contribution < 1.29 is 24.9 Å². The summed E-state index contributed by atoms with van der Waals surface area (Å²) >= 11 is 0. The van der Waals surface area contributed by atoms with Gasteiger partial charge in [0.1, 0.15) is 6.10 Å². The minimum absolute atomic E-state index is 0.466. The molecule has 0 amide bonds. The van der Waals surface area contributed by atoms with E-state index in [4.69, 9.17) is 9.84 Å². The maximum atomic E-state index is 10.4. The molecule has 5 heteroatoms. The lowest BCUT2D eigenvalue weighted by Gasteiger charge is -2.16. The third kappa shape index (κ3) is 4.14. The highest BCUT2D eigenvalue weighted by Crippen LogP contribution is 2.19. The number of carboxylic acid groups (broad SMARTS) is 1. The van der Waals surface area contributed by atoms with Crippen molar-refractivity contribution in [1.29, 1.82) is 0 Å². The minimum atomic E-state index is -1.30. The monoisotopic (exact) mass is 240 g/mol. The summed E-state index contributed by atoms with van der Waals surface area (Å²) in [6, 6.07) is 6.80. The topological polar surface area (TPSA) is 87.0 Å². The van der Waals surface area contributed by atoms with Crippen molar-refractivity contribution in [2.24, 2.45) is 0 Å². The molecule has 5 nitrogen and oxygen atoms in total. The summed E-state index contributed by atoms with van der Waals surface area (Å²) in [6.45, 7) is 0.466. The van der Waals surface area contributed by atoms with E-state index in [-0.39, 0.29) is 0 Å². The standard InChI is InChI=1S/C12H16O5/c1-17-7-8-2-4-9(5-3-8)12(16)10(13)6-11(14)15/h2-5,10,12-13,16H,6-7H2,1H3,(H,14,15). The lowest BCUT2D eigenvalue weighted by Crippen LogP contribution is -2.21. The molecule has 0 spiro atoms. The van der Waals surface area contributed by atoms with Gasteiger partial charge in [0.2, 0.25) is 0 Å². The molecule has 0 aliphatic rings. The molecule has 0 aromatic heterocycles. The summed E-state index contributed by atoms with van der Waals surface area (Å²) in [5.41, 5.74) is 1.43. The average Bonchev–Trinajstić information content (AvgIpc) is 2.28. The molecule has 94 valence electrons. The molecule has 0 saturated heterocycles. The zero-order chi connectivity index (χ0) is 12.8. The van der Waals surface area contributed by atoms with Crippen molar-refractivity contribution in [1.82, 2.24) is 0 Å². The smallest absolute Gasteiger partial charge is 0.306 e. The maximum Gasteiger partial charge on any atom is 0.306 e. The third-order valence-electron chi connectivity index (χ3n) is 2.38. The van der Waals surface area contributed by atoms with E-state index in [9.17, 15) is 15.0 Å². The Morgan fingerprint density at radius 1 is 1.29 bits per heavy atom. The van der Waals surface area contributed by atoms with E-state index in [0.29, 0.717) is 12.2 Å². The van der Waals surface area contributed by atoms with E-state index in [1.807, 2.05) is 0 Å². The number of ether oxygens (including phenoxy) is 1. The number of carboxylic acids is 1. The van der Waals surface area contributed by atoms with Crippen molar-refractivity contribution in [2.75, 3.05) is 7.11 Å². The van der Waals surface area contributed by atoms with Crippen LogP contribution in [-0.4, -0.2) is 34.5 Å². The summed E-state index contributed by atoms with van der Waals surface area (Å²) in [5, 5.41) is 27.7. The van der Waals surface area contributed by atoms with E-state index in [0.717, 1.165) is 5.56 Å². The zero-order valence-corrected chi connectivity index (χ0v) is 9.54. The van der Waals surface area contributed by atoms with E-state index in [1.165, 1.54) is 0 Å². The number of aliphatic carboxylic acids is 1. The number of benzene rings is 1. The Hall–Kier alpha value is -1.43. The minimum Gasteiger partial charge on any atom is -0.481 e. The first kappa shape index (κ1) is 13.6. The highest BCUT2D eigenvalue weighted by Gasteiger charge is 2.20. The van der Waals surface area contributed by atoms with Gasteiger partial charge in [0.15, 0.2) is 0 Å². The molecular weight excluding hydrogens is 224 g/mol. The van der Waals surface area contributed by atoms with Gasteiger partial charge < -0.3 is 20.1 Å². The molecule has 0 heterocycles. The van der Waals surface area contributed by atoms with Gasteiger partial charge in [0.05, 0.1) is 19.1 Å². The molecule has 1 aromatic carbocycles. The molecule has 2 atom stereocenters. The molecule has 0 radical (unpaired) electrons. The molecule has 0 aliphatic carbocycles. The molecular formula is C12H16O5. The highest BCUT2D eigenvalue weighted by atomic mass is 16.5. The molecule has 1 rings (SSSR count). The van der Waals surface area contributed by atoms with Crippen LogP contribution in [0.4, 0.5) is 0 Å². The Kier molecular flexibility index (Phi) is 5.09. The van der Waals surface area contributed by atoms with Gasteiger partial charge in [-0.15, -0.1) is 0 Å². The fraction of sp³-hybridized carbons (Fsp3) is 0.417. The van der Waals surface area contributed by atoms with Crippen LogP contribution < -0.4 is 0 Å². The van der Waals surface area contributed by atoms with Crippen molar-refractivity contribution in [2.45, 2.75) is 25.2 Å².